The Balaban J connectivity index is 1.77. The molecule has 0 bridgehead atoms. The highest BCUT2D eigenvalue weighted by molar-refractivity contribution is 7.80. The molecule has 0 atom stereocenters. The molecule has 1 aromatic carbocycles. The quantitative estimate of drug-likeness (QED) is 0.789. The molecular weight excluding hydrogens is 351 g/mol. The Morgan fingerprint density at radius 2 is 2.09 bits per heavy atom. The summed E-state index contributed by atoms with van der Waals surface area (Å²) in [4.78, 5) is 0. The van der Waals surface area contributed by atoms with E-state index in [1.807, 2.05) is 30.7 Å². The summed E-state index contributed by atoms with van der Waals surface area (Å²) in [5.41, 5.74) is 3.86. The fourth-order valence-corrected chi connectivity index (χ4v) is 3.14. The standard InChI is InChI=1S/C16H18Cl2N4S/c1-9-15(20-16(23)19-13-5-6-13)10(2)22(21-9)8-11-3-4-12(17)7-14(11)18/h3-4,7,13H,5-6,8H2,1-2H3,(H2,19,20,23). The van der Waals surface area contributed by atoms with Crippen LogP contribution in [0.5, 0.6) is 0 Å². The van der Waals surface area contributed by atoms with Crippen molar-refractivity contribution in [3.8, 4) is 0 Å². The molecule has 4 nitrogen and oxygen atoms in total. The van der Waals surface area contributed by atoms with Crippen LogP contribution < -0.4 is 10.6 Å². The van der Waals surface area contributed by atoms with E-state index in [-0.39, 0.29) is 0 Å². The molecule has 0 amide bonds. The molecule has 23 heavy (non-hydrogen) atoms. The first kappa shape index (κ1) is 16.6. The lowest BCUT2D eigenvalue weighted by Crippen LogP contribution is -2.30. The van der Waals surface area contributed by atoms with Gasteiger partial charge in [-0.05, 0) is 56.6 Å². The van der Waals surface area contributed by atoms with Crippen LogP contribution in [0.25, 0.3) is 0 Å². The monoisotopic (exact) mass is 368 g/mol. The van der Waals surface area contributed by atoms with Crippen LogP contribution in [0, 0.1) is 13.8 Å². The molecule has 0 unspecified atom stereocenters. The fourth-order valence-electron chi connectivity index (χ4n) is 2.41. The summed E-state index contributed by atoms with van der Waals surface area (Å²) in [6, 6.07) is 6.03. The molecular formula is C16H18Cl2N4S. The molecule has 1 heterocycles. The number of benzene rings is 1. The van der Waals surface area contributed by atoms with Gasteiger partial charge in [0.1, 0.15) is 0 Å². The van der Waals surface area contributed by atoms with Crippen LogP contribution in [0.4, 0.5) is 5.69 Å². The van der Waals surface area contributed by atoms with E-state index in [0.29, 0.717) is 27.7 Å². The summed E-state index contributed by atoms with van der Waals surface area (Å²) in [6.07, 6.45) is 2.38. The molecule has 1 aliphatic rings. The Morgan fingerprint density at radius 3 is 2.74 bits per heavy atom. The summed E-state index contributed by atoms with van der Waals surface area (Å²) in [5.74, 6) is 0. The third-order valence-electron chi connectivity index (χ3n) is 3.87. The smallest absolute Gasteiger partial charge is 0.171 e. The summed E-state index contributed by atoms with van der Waals surface area (Å²) in [7, 11) is 0. The van der Waals surface area contributed by atoms with Crippen LogP contribution >= 0.6 is 35.4 Å². The lowest BCUT2D eigenvalue weighted by molar-refractivity contribution is 0.659. The summed E-state index contributed by atoms with van der Waals surface area (Å²) in [5, 5.41) is 13.1. The van der Waals surface area contributed by atoms with Gasteiger partial charge in [0.2, 0.25) is 0 Å². The number of nitrogens with one attached hydrogen (secondary N) is 2. The first-order valence-electron chi connectivity index (χ1n) is 7.49. The molecule has 1 saturated carbocycles. The third kappa shape index (κ3) is 3.97. The average Bonchev–Trinajstić information content (AvgIpc) is 3.25. The fraction of sp³-hybridized carbons (Fsp3) is 0.375. The maximum absolute atomic E-state index is 6.25. The summed E-state index contributed by atoms with van der Waals surface area (Å²) in [6.45, 7) is 4.58. The molecule has 1 aromatic heterocycles. The minimum absolute atomic E-state index is 0.526. The molecule has 0 radical (unpaired) electrons. The van der Waals surface area contributed by atoms with Gasteiger partial charge in [-0.25, -0.2) is 0 Å². The molecule has 0 aliphatic heterocycles. The van der Waals surface area contributed by atoms with E-state index in [1.165, 1.54) is 12.8 Å². The van der Waals surface area contributed by atoms with Crippen molar-refractivity contribution in [2.75, 3.05) is 5.32 Å². The first-order valence-corrected chi connectivity index (χ1v) is 8.66. The minimum atomic E-state index is 0.526. The van der Waals surface area contributed by atoms with Crippen molar-refractivity contribution < 1.29 is 0 Å². The Bertz CT molecular complexity index is 753. The van der Waals surface area contributed by atoms with E-state index < -0.39 is 0 Å². The molecule has 0 saturated heterocycles. The maximum Gasteiger partial charge on any atom is 0.171 e. The lowest BCUT2D eigenvalue weighted by Gasteiger charge is -2.11. The number of anilines is 1. The number of nitrogens with zero attached hydrogens (tertiary/aromatic N) is 2. The van der Waals surface area contributed by atoms with Crippen LogP contribution in [0.3, 0.4) is 0 Å². The van der Waals surface area contributed by atoms with Gasteiger partial charge in [0.25, 0.3) is 0 Å². The number of hydrogen-bond donors (Lipinski definition) is 2. The zero-order valence-corrected chi connectivity index (χ0v) is 15.3. The molecule has 2 N–H and O–H groups in total. The van der Waals surface area contributed by atoms with Crippen LogP contribution in [-0.4, -0.2) is 20.9 Å². The van der Waals surface area contributed by atoms with Crippen molar-refractivity contribution in [1.29, 1.82) is 0 Å². The van der Waals surface area contributed by atoms with E-state index in [0.717, 1.165) is 22.6 Å². The topological polar surface area (TPSA) is 41.9 Å². The van der Waals surface area contributed by atoms with E-state index in [1.54, 1.807) is 6.07 Å². The van der Waals surface area contributed by atoms with Crippen molar-refractivity contribution in [1.82, 2.24) is 15.1 Å². The second-order valence-electron chi connectivity index (χ2n) is 5.81. The zero-order chi connectivity index (χ0) is 16.6. The summed E-state index contributed by atoms with van der Waals surface area (Å²) < 4.78 is 1.92. The van der Waals surface area contributed by atoms with Crippen LogP contribution in [0.1, 0.15) is 29.8 Å². The van der Waals surface area contributed by atoms with Gasteiger partial charge in [-0.1, -0.05) is 29.3 Å². The average molecular weight is 369 g/mol. The van der Waals surface area contributed by atoms with Crippen molar-refractivity contribution in [2.45, 2.75) is 39.3 Å². The van der Waals surface area contributed by atoms with Crippen molar-refractivity contribution in [2.24, 2.45) is 0 Å². The van der Waals surface area contributed by atoms with Gasteiger partial charge in [-0.3, -0.25) is 4.68 Å². The predicted octanol–water partition coefficient (Wildman–Crippen LogP) is 4.30. The number of halogens is 2. The Hall–Kier alpha value is -1.30. The zero-order valence-electron chi connectivity index (χ0n) is 13.0. The summed E-state index contributed by atoms with van der Waals surface area (Å²) >= 11 is 17.6. The molecule has 0 spiro atoms. The highest BCUT2D eigenvalue weighted by Crippen LogP contribution is 2.25. The predicted molar refractivity (Wildman–Crippen MR) is 99.6 cm³/mol. The lowest BCUT2D eigenvalue weighted by atomic mass is 10.2. The second kappa shape index (κ2) is 6.67. The molecule has 1 aliphatic carbocycles. The molecule has 1 fully saturated rings. The largest absolute Gasteiger partial charge is 0.360 e. The number of thiocarbonyl (C=S) groups is 1. The first-order chi connectivity index (χ1) is 10.9. The maximum atomic E-state index is 6.25. The molecule has 122 valence electrons. The second-order valence-corrected chi connectivity index (χ2v) is 7.06. The van der Waals surface area contributed by atoms with Gasteiger partial charge >= 0.3 is 0 Å². The highest BCUT2D eigenvalue weighted by atomic mass is 35.5. The molecule has 3 rings (SSSR count). The highest BCUT2D eigenvalue weighted by Gasteiger charge is 2.22. The van der Waals surface area contributed by atoms with Gasteiger partial charge < -0.3 is 10.6 Å². The Morgan fingerprint density at radius 1 is 1.35 bits per heavy atom. The van der Waals surface area contributed by atoms with Crippen LogP contribution in [0.2, 0.25) is 10.0 Å². The number of hydrogen-bond acceptors (Lipinski definition) is 2. The van der Waals surface area contributed by atoms with E-state index in [4.69, 9.17) is 35.4 Å². The van der Waals surface area contributed by atoms with E-state index in [2.05, 4.69) is 15.7 Å². The van der Waals surface area contributed by atoms with Gasteiger partial charge in [0.15, 0.2) is 5.11 Å². The van der Waals surface area contributed by atoms with Crippen LogP contribution in [-0.2, 0) is 6.54 Å². The molecule has 7 heteroatoms. The number of aromatic nitrogens is 2. The van der Waals surface area contributed by atoms with Gasteiger partial charge in [-0.15, -0.1) is 0 Å². The minimum Gasteiger partial charge on any atom is -0.360 e. The van der Waals surface area contributed by atoms with Crippen molar-refractivity contribution in [3.63, 3.8) is 0 Å². The van der Waals surface area contributed by atoms with Gasteiger partial charge in [0.05, 0.1) is 23.6 Å². The van der Waals surface area contributed by atoms with E-state index >= 15 is 0 Å². The molecule has 2 aromatic rings. The van der Waals surface area contributed by atoms with Crippen molar-refractivity contribution >= 4 is 46.2 Å². The van der Waals surface area contributed by atoms with Gasteiger partial charge in [0, 0.05) is 16.1 Å². The van der Waals surface area contributed by atoms with Gasteiger partial charge in [-0.2, -0.15) is 5.10 Å². The normalized spacial score (nSPS) is 13.9. The number of rotatable bonds is 4. The Kier molecular flexibility index (Phi) is 4.80. The Labute approximate surface area is 151 Å². The number of aryl methyl sites for hydroxylation is 1. The van der Waals surface area contributed by atoms with E-state index in [9.17, 15) is 0 Å². The SMILES string of the molecule is Cc1nn(Cc2ccc(Cl)cc2Cl)c(C)c1NC(=S)NC1CC1. The van der Waals surface area contributed by atoms with Crippen molar-refractivity contribution in [3.05, 3.63) is 45.2 Å². The van der Waals surface area contributed by atoms with Crippen LogP contribution in [0.15, 0.2) is 18.2 Å². The third-order valence-corrected chi connectivity index (χ3v) is 4.67.